The summed E-state index contributed by atoms with van der Waals surface area (Å²) in [5.74, 6) is 2.62. The van der Waals surface area contributed by atoms with E-state index in [-0.39, 0.29) is 24.0 Å². The average molecular weight is 210 g/mol. The third-order valence-corrected chi connectivity index (χ3v) is 1.80. The van der Waals surface area contributed by atoms with Gasteiger partial charge in [0.2, 0.25) is 5.91 Å². The van der Waals surface area contributed by atoms with Crippen molar-refractivity contribution in [3.05, 3.63) is 0 Å². The minimum absolute atomic E-state index is 0.000665. The van der Waals surface area contributed by atoms with Gasteiger partial charge in [-0.1, -0.05) is 19.3 Å². The van der Waals surface area contributed by atoms with Crippen molar-refractivity contribution in [2.24, 2.45) is 0 Å². The fourth-order valence-electron chi connectivity index (χ4n) is 1.21. The average Bonchev–Trinajstić information content (AvgIpc) is 2.09. The Morgan fingerprint density at radius 1 is 1.47 bits per heavy atom. The van der Waals surface area contributed by atoms with Crippen molar-refractivity contribution < 1.29 is 4.79 Å². The van der Waals surface area contributed by atoms with E-state index >= 15 is 0 Å². The van der Waals surface area contributed by atoms with Crippen LogP contribution in [0, 0.1) is 12.3 Å². The van der Waals surface area contributed by atoms with Crippen molar-refractivity contribution in [2.45, 2.75) is 52.1 Å². The summed E-state index contributed by atoms with van der Waals surface area (Å²) >= 11 is 0. The van der Waals surface area contributed by atoms with Crippen LogP contribution in [0.15, 0.2) is 0 Å². The minimum atomic E-state index is -0.185. The molecule has 0 saturated carbocycles. The van der Waals surface area contributed by atoms with Crippen molar-refractivity contribution in [3.63, 3.8) is 0 Å². The molecule has 0 radical (unpaired) electrons. The van der Waals surface area contributed by atoms with E-state index in [9.17, 15) is 4.79 Å². The first kappa shape index (κ1) is 14.0. The molecule has 0 rings (SSSR count). The highest BCUT2D eigenvalue weighted by Gasteiger charge is 2.14. The molecular formula is C12H22N2O. The van der Waals surface area contributed by atoms with E-state index in [1.807, 2.05) is 20.8 Å². The number of nitrogens with one attached hydrogen (secondary N) is 2. The first-order chi connectivity index (χ1) is 6.89. The van der Waals surface area contributed by atoms with Crippen LogP contribution in [-0.2, 0) is 4.79 Å². The number of hydrogen-bond donors (Lipinski definition) is 2. The second-order valence-electron chi connectivity index (χ2n) is 4.69. The van der Waals surface area contributed by atoms with Crippen molar-refractivity contribution in [1.29, 1.82) is 0 Å². The fourth-order valence-corrected chi connectivity index (χ4v) is 1.21. The third kappa shape index (κ3) is 8.02. The van der Waals surface area contributed by atoms with Gasteiger partial charge in [0.1, 0.15) is 0 Å². The second-order valence-corrected chi connectivity index (χ2v) is 4.69. The zero-order valence-electron chi connectivity index (χ0n) is 10.2. The lowest BCUT2D eigenvalue weighted by molar-refractivity contribution is -0.121. The lowest BCUT2D eigenvalue weighted by Crippen LogP contribution is -2.46. The normalized spacial score (nSPS) is 13.0. The Morgan fingerprint density at radius 3 is 2.47 bits per heavy atom. The van der Waals surface area contributed by atoms with Gasteiger partial charge in [0.15, 0.2) is 0 Å². The van der Waals surface area contributed by atoms with Crippen LogP contribution in [0.25, 0.3) is 0 Å². The van der Waals surface area contributed by atoms with Crippen LogP contribution in [-0.4, -0.2) is 24.0 Å². The molecule has 0 aliphatic heterocycles. The standard InChI is InChI=1S/C12H22N2O/c1-6-8-10(7-2)13-9-11(15)14-12(3,4)5/h2,10,13H,6,8-9H2,1,3-5H3,(H,14,15). The zero-order valence-corrected chi connectivity index (χ0v) is 10.2. The van der Waals surface area contributed by atoms with Crippen LogP contribution in [0.1, 0.15) is 40.5 Å². The van der Waals surface area contributed by atoms with Gasteiger partial charge in [-0.05, 0) is 27.2 Å². The number of amides is 1. The predicted molar refractivity (Wildman–Crippen MR) is 63.4 cm³/mol. The van der Waals surface area contributed by atoms with E-state index in [0.717, 1.165) is 12.8 Å². The molecule has 1 atom stereocenters. The Labute approximate surface area is 93.0 Å². The number of carbonyl (C=O) groups excluding carboxylic acids is 1. The van der Waals surface area contributed by atoms with E-state index in [1.165, 1.54) is 0 Å². The Morgan fingerprint density at radius 2 is 2.07 bits per heavy atom. The molecule has 0 aliphatic rings. The van der Waals surface area contributed by atoms with Gasteiger partial charge in [-0.25, -0.2) is 0 Å². The predicted octanol–water partition coefficient (Wildman–Crippen LogP) is 1.29. The van der Waals surface area contributed by atoms with Crippen LogP contribution < -0.4 is 10.6 Å². The number of rotatable bonds is 5. The van der Waals surface area contributed by atoms with E-state index in [1.54, 1.807) is 0 Å². The molecule has 0 bridgehead atoms. The summed E-state index contributed by atoms with van der Waals surface area (Å²) < 4.78 is 0. The first-order valence-electron chi connectivity index (χ1n) is 5.39. The quantitative estimate of drug-likeness (QED) is 0.671. The molecule has 0 aromatic rings. The molecule has 0 heterocycles. The molecule has 86 valence electrons. The van der Waals surface area contributed by atoms with Crippen LogP contribution in [0.2, 0.25) is 0 Å². The zero-order chi connectivity index (χ0) is 11.9. The van der Waals surface area contributed by atoms with Gasteiger partial charge < -0.3 is 5.32 Å². The van der Waals surface area contributed by atoms with Crippen molar-refractivity contribution in [2.75, 3.05) is 6.54 Å². The molecule has 1 unspecified atom stereocenters. The second kappa shape index (κ2) is 6.47. The van der Waals surface area contributed by atoms with Gasteiger partial charge in [0.25, 0.3) is 0 Å². The SMILES string of the molecule is C#CC(CCC)NCC(=O)NC(C)(C)C. The van der Waals surface area contributed by atoms with Gasteiger partial charge in [-0.2, -0.15) is 0 Å². The summed E-state index contributed by atoms with van der Waals surface area (Å²) in [5, 5.41) is 5.92. The molecule has 1 amide bonds. The van der Waals surface area contributed by atoms with Crippen molar-refractivity contribution in [1.82, 2.24) is 10.6 Å². The number of carbonyl (C=O) groups is 1. The van der Waals surface area contributed by atoms with Crippen LogP contribution in [0.3, 0.4) is 0 Å². The monoisotopic (exact) mass is 210 g/mol. The largest absolute Gasteiger partial charge is 0.350 e. The van der Waals surface area contributed by atoms with Gasteiger partial charge in [-0.15, -0.1) is 6.42 Å². The summed E-state index contributed by atoms with van der Waals surface area (Å²) in [6.07, 6.45) is 7.25. The molecule has 0 saturated heterocycles. The Hall–Kier alpha value is -1.01. The van der Waals surface area contributed by atoms with Crippen LogP contribution >= 0.6 is 0 Å². The highest BCUT2D eigenvalue weighted by molar-refractivity contribution is 5.78. The maximum absolute atomic E-state index is 11.4. The summed E-state index contributed by atoms with van der Waals surface area (Å²) in [7, 11) is 0. The minimum Gasteiger partial charge on any atom is -0.350 e. The van der Waals surface area contributed by atoms with Crippen molar-refractivity contribution >= 4 is 5.91 Å². The van der Waals surface area contributed by atoms with Crippen LogP contribution in [0.5, 0.6) is 0 Å². The summed E-state index contributed by atoms with van der Waals surface area (Å²) in [6.45, 7) is 8.22. The smallest absolute Gasteiger partial charge is 0.234 e. The summed E-state index contributed by atoms with van der Waals surface area (Å²) in [6, 6.07) is 0.000665. The van der Waals surface area contributed by atoms with Gasteiger partial charge in [0, 0.05) is 5.54 Å². The van der Waals surface area contributed by atoms with E-state index < -0.39 is 0 Å². The van der Waals surface area contributed by atoms with E-state index in [4.69, 9.17) is 6.42 Å². The molecular weight excluding hydrogens is 188 g/mol. The third-order valence-electron chi connectivity index (χ3n) is 1.80. The molecule has 0 aromatic heterocycles. The lowest BCUT2D eigenvalue weighted by Gasteiger charge is -2.21. The maximum Gasteiger partial charge on any atom is 0.234 e. The van der Waals surface area contributed by atoms with Crippen LogP contribution in [0.4, 0.5) is 0 Å². The van der Waals surface area contributed by atoms with Crippen molar-refractivity contribution in [3.8, 4) is 12.3 Å². The topological polar surface area (TPSA) is 41.1 Å². The summed E-state index contributed by atoms with van der Waals surface area (Å²) in [4.78, 5) is 11.4. The van der Waals surface area contributed by atoms with Gasteiger partial charge in [0.05, 0.1) is 12.6 Å². The van der Waals surface area contributed by atoms with E-state index in [0.29, 0.717) is 0 Å². The Kier molecular flexibility index (Phi) is 6.03. The van der Waals surface area contributed by atoms with Gasteiger partial charge >= 0.3 is 0 Å². The maximum atomic E-state index is 11.4. The molecule has 3 nitrogen and oxygen atoms in total. The van der Waals surface area contributed by atoms with Gasteiger partial charge in [-0.3, -0.25) is 10.1 Å². The highest BCUT2D eigenvalue weighted by Crippen LogP contribution is 1.98. The lowest BCUT2D eigenvalue weighted by atomic mass is 10.1. The molecule has 0 aliphatic carbocycles. The number of hydrogen-bond acceptors (Lipinski definition) is 2. The highest BCUT2D eigenvalue weighted by atomic mass is 16.2. The summed E-state index contributed by atoms with van der Waals surface area (Å²) in [5.41, 5.74) is -0.185. The molecule has 0 spiro atoms. The number of terminal acetylenes is 1. The molecule has 0 aromatic carbocycles. The Bertz CT molecular complexity index is 235. The molecule has 3 heteroatoms. The first-order valence-corrected chi connectivity index (χ1v) is 5.39. The molecule has 15 heavy (non-hydrogen) atoms. The Balaban J connectivity index is 3.85. The molecule has 2 N–H and O–H groups in total. The van der Waals surface area contributed by atoms with E-state index in [2.05, 4.69) is 23.5 Å². The molecule has 0 fully saturated rings. The fraction of sp³-hybridized carbons (Fsp3) is 0.750.